The molecule has 2 heterocycles. The summed E-state index contributed by atoms with van der Waals surface area (Å²) in [7, 11) is 3.12. The normalized spacial score (nSPS) is 17.6. The van der Waals surface area contributed by atoms with Crippen LogP contribution in [-0.2, 0) is 0 Å². The van der Waals surface area contributed by atoms with Crippen molar-refractivity contribution in [2.24, 2.45) is 0 Å². The fourth-order valence-corrected chi connectivity index (χ4v) is 4.22. The van der Waals surface area contributed by atoms with Crippen LogP contribution in [0.3, 0.4) is 0 Å². The Morgan fingerprint density at radius 2 is 1.93 bits per heavy atom. The average molecular weight is 395 g/mol. The van der Waals surface area contributed by atoms with Gasteiger partial charge in [0.1, 0.15) is 6.17 Å². The van der Waals surface area contributed by atoms with Crippen LogP contribution in [0.15, 0.2) is 36.4 Å². The summed E-state index contributed by atoms with van der Waals surface area (Å²) < 4.78 is 10.5. The zero-order valence-electron chi connectivity index (χ0n) is 16.9. The molecule has 2 amide bonds. The summed E-state index contributed by atoms with van der Waals surface area (Å²) in [5.41, 5.74) is 2.61. The van der Waals surface area contributed by atoms with Crippen LogP contribution in [0.1, 0.15) is 40.5 Å². The molecule has 7 heteroatoms. The second-order valence-corrected chi connectivity index (χ2v) is 7.16. The number of nitrogens with zero attached hydrogens (tertiary/aromatic N) is 2. The molecule has 1 saturated heterocycles. The molecule has 0 bridgehead atoms. The van der Waals surface area contributed by atoms with Crippen LogP contribution in [0.5, 0.6) is 11.5 Å². The van der Waals surface area contributed by atoms with Gasteiger partial charge in [-0.15, -0.1) is 0 Å². The van der Waals surface area contributed by atoms with Crippen molar-refractivity contribution in [2.45, 2.75) is 25.9 Å². The Bertz CT molecular complexity index is 959. The Balaban J connectivity index is 1.62. The summed E-state index contributed by atoms with van der Waals surface area (Å²) in [5, 5.41) is 2.89. The molecule has 4 rings (SSSR count). The van der Waals surface area contributed by atoms with E-state index < -0.39 is 0 Å². The van der Waals surface area contributed by atoms with E-state index >= 15 is 0 Å². The third kappa shape index (κ3) is 3.26. The van der Waals surface area contributed by atoms with Crippen molar-refractivity contribution in [3.63, 3.8) is 0 Å². The van der Waals surface area contributed by atoms with Crippen molar-refractivity contribution in [3.8, 4) is 11.5 Å². The van der Waals surface area contributed by atoms with E-state index in [9.17, 15) is 9.59 Å². The highest BCUT2D eigenvalue weighted by Crippen LogP contribution is 2.36. The monoisotopic (exact) mass is 395 g/mol. The minimum absolute atomic E-state index is 0.0547. The first-order valence-corrected chi connectivity index (χ1v) is 9.82. The summed E-state index contributed by atoms with van der Waals surface area (Å²) in [4.78, 5) is 29.9. The van der Waals surface area contributed by atoms with E-state index in [4.69, 9.17) is 9.47 Å². The quantitative estimate of drug-likeness (QED) is 0.841. The van der Waals surface area contributed by atoms with Crippen molar-refractivity contribution in [2.75, 3.05) is 37.5 Å². The van der Waals surface area contributed by atoms with Crippen LogP contribution >= 0.6 is 0 Å². The van der Waals surface area contributed by atoms with Crippen LogP contribution in [-0.4, -0.2) is 50.2 Å². The first kappa shape index (κ1) is 19.1. The van der Waals surface area contributed by atoms with E-state index in [1.54, 1.807) is 44.6 Å². The van der Waals surface area contributed by atoms with E-state index in [2.05, 4.69) is 17.1 Å². The van der Waals surface area contributed by atoms with Crippen LogP contribution in [0.2, 0.25) is 0 Å². The van der Waals surface area contributed by atoms with Gasteiger partial charge in [-0.3, -0.25) is 9.59 Å². The van der Waals surface area contributed by atoms with Gasteiger partial charge in [0.05, 0.1) is 25.5 Å². The highest BCUT2D eigenvalue weighted by molar-refractivity contribution is 6.08. The maximum Gasteiger partial charge on any atom is 0.257 e. The number of anilines is 2. The standard InChI is InChI=1S/C22H25N3O4/c1-4-24-17-12-14(7-9-16(17)22(27)25-11-5-6-20(24)25)21(26)23-15-8-10-18(28-2)19(13-15)29-3/h7-10,12-13,20H,4-6,11H2,1-3H3,(H,23,26). The van der Waals surface area contributed by atoms with E-state index in [-0.39, 0.29) is 18.0 Å². The van der Waals surface area contributed by atoms with Gasteiger partial charge in [0.2, 0.25) is 0 Å². The van der Waals surface area contributed by atoms with Crippen molar-refractivity contribution in [1.82, 2.24) is 4.90 Å². The molecule has 0 aromatic heterocycles. The number of rotatable bonds is 5. The van der Waals surface area contributed by atoms with Gasteiger partial charge in [-0.05, 0) is 50.1 Å². The van der Waals surface area contributed by atoms with Gasteiger partial charge in [0.15, 0.2) is 11.5 Å². The van der Waals surface area contributed by atoms with Crippen molar-refractivity contribution in [3.05, 3.63) is 47.5 Å². The number of fused-ring (bicyclic) bond motifs is 2. The summed E-state index contributed by atoms with van der Waals surface area (Å²) in [6, 6.07) is 10.5. The number of carbonyl (C=O) groups is 2. The van der Waals surface area contributed by atoms with E-state index in [1.165, 1.54) is 0 Å². The predicted octanol–water partition coefficient (Wildman–Crippen LogP) is 3.36. The molecule has 0 spiro atoms. The highest BCUT2D eigenvalue weighted by Gasteiger charge is 2.39. The Labute approximate surface area is 170 Å². The smallest absolute Gasteiger partial charge is 0.257 e. The second kappa shape index (κ2) is 7.66. The molecule has 1 N–H and O–H groups in total. The molecule has 1 fully saturated rings. The Morgan fingerprint density at radius 3 is 2.66 bits per heavy atom. The van der Waals surface area contributed by atoms with Crippen molar-refractivity contribution >= 4 is 23.2 Å². The molecule has 2 aliphatic rings. The molecule has 1 atom stereocenters. The lowest BCUT2D eigenvalue weighted by molar-refractivity contribution is 0.0715. The van der Waals surface area contributed by atoms with Crippen LogP contribution < -0.4 is 19.7 Å². The summed E-state index contributed by atoms with van der Waals surface area (Å²) >= 11 is 0. The van der Waals surface area contributed by atoms with Crippen LogP contribution in [0, 0.1) is 0 Å². The van der Waals surface area contributed by atoms with E-state index in [1.807, 2.05) is 11.0 Å². The zero-order chi connectivity index (χ0) is 20.5. The number of carbonyl (C=O) groups excluding carboxylic acids is 2. The largest absolute Gasteiger partial charge is 0.493 e. The maximum atomic E-state index is 12.9. The Morgan fingerprint density at radius 1 is 1.14 bits per heavy atom. The van der Waals surface area contributed by atoms with Crippen LogP contribution in [0.4, 0.5) is 11.4 Å². The fourth-order valence-electron chi connectivity index (χ4n) is 4.22. The molecule has 2 aromatic rings. The molecule has 7 nitrogen and oxygen atoms in total. The SMILES string of the molecule is CCN1c2cc(C(=O)Nc3ccc(OC)c(OC)c3)ccc2C(=O)N2CCCC21. The van der Waals surface area contributed by atoms with Gasteiger partial charge >= 0.3 is 0 Å². The average Bonchev–Trinajstić information content (AvgIpc) is 3.23. The van der Waals surface area contributed by atoms with E-state index in [0.29, 0.717) is 28.3 Å². The molecular formula is C22H25N3O4. The summed E-state index contributed by atoms with van der Waals surface area (Å²) in [5.74, 6) is 0.953. The Kier molecular flexibility index (Phi) is 5.05. The fraction of sp³-hybridized carbons (Fsp3) is 0.364. The minimum atomic E-state index is -0.239. The van der Waals surface area contributed by atoms with Gasteiger partial charge in [-0.25, -0.2) is 0 Å². The number of benzene rings is 2. The zero-order valence-corrected chi connectivity index (χ0v) is 16.9. The van der Waals surface area contributed by atoms with Gasteiger partial charge < -0.3 is 24.6 Å². The van der Waals surface area contributed by atoms with Gasteiger partial charge in [-0.2, -0.15) is 0 Å². The third-order valence-electron chi connectivity index (χ3n) is 5.62. The van der Waals surface area contributed by atoms with Crippen LogP contribution in [0.25, 0.3) is 0 Å². The highest BCUT2D eigenvalue weighted by atomic mass is 16.5. The molecular weight excluding hydrogens is 370 g/mol. The molecule has 0 saturated carbocycles. The van der Waals surface area contributed by atoms with E-state index in [0.717, 1.165) is 31.6 Å². The van der Waals surface area contributed by atoms with Gasteiger partial charge in [-0.1, -0.05) is 0 Å². The van der Waals surface area contributed by atoms with Crippen molar-refractivity contribution < 1.29 is 19.1 Å². The number of ether oxygens (including phenoxy) is 2. The second-order valence-electron chi connectivity index (χ2n) is 7.16. The minimum Gasteiger partial charge on any atom is -0.493 e. The number of methoxy groups -OCH3 is 2. The first-order chi connectivity index (χ1) is 14.1. The molecule has 152 valence electrons. The summed E-state index contributed by atoms with van der Waals surface area (Å²) in [6.45, 7) is 3.65. The molecule has 0 aliphatic carbocycles. The third-order valence-corrected chi connectivity index (χ3v) is 5.62. The Hall–Kier alpha value is -3.22. The number of nitrogens with one attached hydrogen (secondary N) is 1. The number of amides is 2. The van der Waals surface area contributed by atoms with Gasteiger partial charge in [0, 0.05) is 30.4 Å². The molecule has 2 aliphatic heterocycles. The maximum absolute atomic E-state index is 12.9. The molecule has 1 unspecified atom stereocenters. The number of hydrogen-bond acceptors (Lipinski definition) is 5. The van der Waals surface area contributed by atoms with Crippen molar-refractivity contribution in [1.29, 1.82) is 0 Å². The molecule has 2 aromatic carbocycles. The lowest BCUT2D eigenvalue weighted by Gasteiger charge is -2.41. The topological polar surface area (TPSA) is 71.1 Å². The summed E-state index contributed by atoms with van der Waals surface area (Å²) in [6.07, 6.45) is 2.05. The lowest BCUT2D eigenvalue weighted by atomic mass is 10.0. The molecule has 29 heavy (non-hydrogen) atoms. The molecule has 0 radical (unpaired) electrons. The first-order valence-electron chi connectivity index (χ1n) is 9.82. The predicted molar refractivity (Wildman–Crippen MR) is 111 cm³/mol. The lowest BCUT2D eigenvalue weighted by Crippen LogP contribution is -2.52. The number of hydrogen-bond donors (Lipinski definition) is 1. The van der Waals surface area contributed by atoms with Gasteiger partial charge in [0.25, 0.3) is 11.8 Å².